The molecule has 1 amide bonds. The summed E-state index contributed by atoms with van der Waals surface area (Å²) in [6.45, 7) is 3.69. The smallest absolute Gasteiger partial charge is 0.328 e. The Morgan fingerprint density at radius 1 is 1.33 bits per heavy atom. The standard InChI is InChI=1S/C15H17F2NO3/c1-9(2)4-7-13(15(20)21-3)18-14(19)11-6-5-10(16)8-12(11)17/h4-6,8,13H,7H2,1-3H3,(H,18,19)/t13-/m1/s1. The predicted octanol–water partition coefficient (Wildman–Crippen LogP) is 2.59. The number of esters is 1. The van der Waals surface area contributed by atoms with Crippen molar-refractivity contribution in [3.63, 3.8) is 0 Å². The second-order valence-electron chi connectivity index (χ2n) is 4.69. The van der Waals surface area contributed by atoms with Crippen molar-refractivity contribution in [2.75, 3.05) is 7.11 Å². The molecule has 0 aliphatic rings. The van der Waals surface area contributed by atoms with E-state index in [1.54, 1.807) is 6.08 Å². The van der Waals surface area contributed by atoms with Gasteiger partial charge in [0.1, 0.15) is 17.7 Å². The highest BCUT2D eigenvalue weighted by Crippen LogP contribution is 2.10. The number of nitrogens with one attached hydrogen (secondary N) is 1. The van der Waals surface area contributed by atoms with Gasteiger partial charge >= 0.3 is 5.97 Å². The number of hydrogen-bond acceptors (Lipinski definition) is 3. The SMILES string of the molecule is COC(=O)[C@@H](CC=C(C)C)NC(=O)c1ccc(F)cc1F. The van der Waals surface area contributed by atoms with Gasteiger partial charge in [-0.1, -0.05) is 11.6 Å². The molecule has 6 heteroatoms. The lowest BCUT2D eigenvalue weighted by molar-refractivity contribution is -0.142. The molecule has 0 aliphatic heterocycles. The van der Waals surface area contributed by atoms with Crippen molar-refractivity contribution in [3.8, 4) is 0 Å². The Labute approximate surface area is 121 Å². The number of carbonyl (C=O) groups excluding carboxylic acids is 2. The van der Waals surface area contributed by atoms with Gasteiger partial charge in [0.2, 0.25) is 0 Å². The molecule has 0 unspecified atom stereocenters. The first-order valence-corrected chi connectivity index (χ1v) is 6.32. The molecule has 0 saturated heterocycles. The molecule has 1 atom stereocenters. The van der Waals surface area contributed by atoms with E-state index < -0.39 is 29.6 Å². The summed E-state index contributed by atoms with van der Waals surface area (Å²) in [5.41, 5.74) is 0.633. The summed E-state index contributed by atoms with van der Waals surface area (Å²) in [7, 11) is 1.20. The molecule has 0 spiro atoms. The molecule has 0 aromatic heterocycles. The predicted molar refractivity (Wildman–Crippen MR) is 73.7 cm³/mol. The van der Waals surface area contributed by atoms with Crippen molar-refractivity contribution in [1.82, 2.24) is 5.32 Å². The van der Waals surface area contributed by atoms with Crippen LogP contribution in [0.3, 0.4) is 0 Å². The van der Waals surface area contributed by atoms with Crippen molar-refractivity contribution >= 4 is 11.9 Å². The molecule has 114 valence electrons. The van der Waals surface area contributed by atoms with Crippen LogP contribution >= 0.6 is 0 Å². The molecular weight excluding hydrogens is 280 g/mol. The second-order valence-corrected chi connectivity index (χ2v) is 4.69. The van der Waals surface area contributed by atoms with Crippen LogP contribution in [0.2, 0.25) is 0 Å². The fourth-order valence-electron chi connectivity index (χ4n) is 1.62. The zero-order valence-corrected chi connectivity index (χ0v) is 12.1. The van der Waals surface area contributed by atoms with E-state index in [2.05, 4.69) is 10.1 Å². The summed E-state index contributed by atoms with van der Waals surface area (Å²) in [5.74, 6) is -3.20. The van der Waals surface area contributed by atoms with Crippen molar-refractivity contribution in [3.05, 3.63) is 47.0 Å². The maximum Gasteiger partial charge on any atom is 0.328 e. The highest BCUT2D eigenvalue weighted by Gasteiger charge is 2.22. The van der Waals surface area contributed by atoms with E-state index in [0.29, 0.717) is 6.07 Å². The van der Waals surface area contributed by atoms with Crippen molar-refractivity contribution < 1.29 is 23.1 Å². The lowest BCUT2D eigenvalue weighted by Gasteiger charge is -2.15. The summed E-state index contributed by atoms with van der Waals surface area (Å²) >= 11 is 0. The second kappa shape index (κ2) is 7.52. The van der Waals surface area contributed by atoms with E-state index in [0.717, 1.165) is 17.7 Å². The summed E-state index contributed by atoms with van der Waals surface area (Å²) < 4.78 is 30.9. The fraction of sp³-hybridized carbons (Fsp3) is 0.333. The zero-order valence-electron chi connectivity index (χ0n) is 12.1. The average Bonchev–Trinajstić information content (AvgIpc) is 2.42. The van der Waals surface area contributed by atoms with Gasteiger partial charge in [0.15, 0.2) is 0 Å². The van der Waals surface area contributed by atoms with Gasteiger partial charge in [0.05, 0.1) is 12.7 Å². The van der Waals surface area contributed by atoms with Crippen LogP contribution in [0.1, 0.15) is 30.6 Å². The first-order valence-electron chi connectivity index (χ1n) is 6.32. The molecule has 0 heterocycles. The van der Waals surface area contributed by atoms with Crippen LogP contribution < -0.4 is 5.32 Å². The molecule has 0 radical (unpaired) electrons. The van der Waals surface area contributed by atoms with Gasteiger partial charge in [-0.2, -0.15) is 0 Å². The van der Waals surface area contributed by atoms with Crippen LogP contribution in [-0.4, -0.2) is 25.0 Å². The third-order valence-corrected chi connectivity index (χ3v) is 2.73. The van der Waals surface area contributed by atoms with Crippen molar-refractivity contribution in [1.29, 1.82) is 0 Å². The molecule has 21 heavy (non-hydrogen) atoms. The number of halogens is 2. The first-order chi connectivity index (χ1) is 9.85. The number of carbonyl (C=O) groups is 2. The lowest BCUT2D eigenvalue weighted by atomic mass is 10.1. The monoisotopic (exact) mass is 297 g/mol. The van der Waals surface area contributed by atoms with Gasteiger partial charge < -0.3 is 10.1 Å². The fourth-order valence-corrected chi connectivity index (χ4v) is 1.62. The van der Waals surface area contributed by atoms with Gasteiger partial charge in [0, 0.05) is 6.07 Å². The number of rotatable bonds is 5. The molecule has 1 N–H and O–H groups in total. The summed E-state index contributed by atoms with van der Waals surface area (Å²) in [5, 5.41) is 2.38. The molecule has 0 aliphatic carbocycles. The van der Waals surface area contributed by atoms with Crippen molar-refractivity contribution in [2.45, 2.75) is 26.3 Å². The molecule has 1 rings (SSSR count). The van der Waals surface area contributed by atoms with Crippen molar-refractivity contribution in [2.24, 2.45) is 0 Å². The van der Waals surface area contributed by atoms with Crippen LogP contribution in [0.4, 0.5) is 8.78 Å². The van der Waals surface area contributed by atoms with Gasteiger partial charge in [-0.3, -0.25) is 4.79 Å². The number of hydrogen-bond donors (Lipinski definition) is 1. The normalized spacial score (nSPS) is 11.5. The number of methoxy groups -OCH3 is 1. The van der Waals surface area contributed by atoms with E-state index in [9.17, 15) is 18.4 Å². The first kappa shape index (κ1) is 16.8. The minimum atomic E-state index is -0.988. The maximum absolute atomic E-state index is 13.5. The Bertz CT molecular complexity index is 566. The quantitative estimate of drug-likeness (QED) is 0.671. The van der Waals surface area contributed by atoms with Gasteiger partial charge in [-0.15, -0.1) is 0 Å². The molecule has 0 fully saturated rings. The molecule has 1 aromatic carbocycles. The highest BCUT2D eigenvalue weighted by molar-refractivity contribution is 5.97. The third-order valence-electron chi connectivity index (χ3n) is 2.73. The number of benzene rings is 1. The summed E-state index contributed by atoms with van der Waals surface area (Å²) in [6, 6.07) is 1.68. The Kier molecular flexibility index (Phi) is 6.02. The van der Waals surface area contributed by atoms with E-state index in [1.165, 1.54) is 7.11 Å². The topological polar surface area (TPSA) is 55.4 Å². The Morgan fingerprint density at radius 2 is 2.00 bits per heavy atom. The largest absolute Gasteiger partial charge is 0.467 e. The molecule has 1 aromatic rings. The molecular formula is C15H17F2NO3. The Morgan fingerprint density at radius 3 is 2.52 bits per heavy atom. The van der Waals surface area contributed by atoms with Crippen LogP contribution in [0, 0.1) is 11.6 Å². The Hall–Kier alpha value is -2.24. The lowest BCUT2D eigenvalue weighted by Crippen LogP contribution is -2.41. The number of allylic oxidation sites excluding steroid dienone is 1. The highest BCUT2D eigenvalue weighted by atomic mass is 19.1. The van der Waals surface area contributed by atoms with Gasteiger partial charge in [0.25, 0.3) is 5.91 Å². The third kappa shape index (κ3) is 4.98. The maximum atomic E-state index is 13.5. The van der Waals surface area contributed by atoms with Crippen LogP contribution in [0.15, 0.2) is 29.8 Å². The van der Waals surface area contributed by atoms with Crippen LogP contribution in [-0.2, 0) is 9.53 Å². The zero-order chi connectivity index (χ0) is 16.0. The van der Waals surface area contributed by atoms with Gasteiger partial charge in [-0.25, -0.2) is 13.6 Å². The van der Waals surface area contributed by atoms with Crippen LogP contribution in [0.5, 0.6) is 0 Å². The van der Waals surface area contributed by atoms with E-state index in [-0.39, 0.29) is 12.0 Å². The molecule has 0 bridgehead atoms. The van der Waals surface area contributed by atoms with E-state index in [4.69, 9.17) is 0 Å². The van der Waals surface area contributed by atoms with Gasteiger partial charge in [-0.05, 0) is 32.4 Å². The summed E-state index contributed by atoms with van der Waals surface area (Å²) in [4.78, 5) is 23.6. The van der Waals surface area contributed by atoms with E-state index in [1.807, 2.05) is 13.8 Å². The molecule has 4 nitrogen and oxygen atoms in total. The Balaban J connectivity index is 2.89. The number of amides is 1. The van der Waals surface area contributed by atoms with Crippen LogP contribution in [0.25, 0.3) is 0 Å². The average molecular weight is 297 g/mol. The minimum Gasteiger partial charge on any atom is -0.467 e. The molecule has 0 saturated carbocycles. The number of ether oxygens (including phenoxy) is 1. The van der Waals surface area contributed by atoms with E-state index >= 15 is 0 Å². The summed E-state index contributed by atoms with van der Waals surface area (Å²) in [6.07, 6.45) is 1.98. The minimum absolute atomic E-state index is 0.226.